The Bertz CT molecular complexity index is 708. The normalized spacial score (nSPS) is 12.1. The van der Waals surface area contributed by atoms with Crippen molar-refractivity contribution in [2.45, 2.75) is 13.8 Å². The van der Waals surface area contributed by atoms with Gasteiger partial charge in [0.15, 0.2) is 18.1 Å². The highest BCUT2D eigenvalue weighted by atomic mass is 16.7. The zero-order valence-electron chi connectivity index (χ0n) is 12.4. The van der Waals surface area contributed by atoms with Gasteiger partial charge in [0.25, 0.3) is 0 Å². The van der Waals surface area contributed by atoms with Crippen molar-refractivity contribution in [3.05, 3.63) is 47.5 Å². The lowest BCUT2D eigenvalue weighted by Gasteiger charge is -2.10. The van der Waals surface area contributed by atoms with Gasteiger partial charge in [-0.25, -0.2) is 4.79 Å². The maximum atomic E-state index is 11.9. The molecule has 0 saturated heterocycles. The zero-order chi connectivity index (χ0) is 15.5. The fraction of sp³-hybridized carbons (Fsp3) is 0.235. The summed E-state index contributed by atoms with van der Waals surface area (Å²) in [5.41, 5.74) is 2.05. The van der Waals surface area contributed by atoms with Crippen molar-refractivity contribution in [3.63, 3.8) is 0 Å². The van der Waals surface area contributed by atoms with Crippen LogP contribution in [0.25, 0.3) is 0 Å². The first-order chi connectivity index (χ1) is 10.6. The summed E-state index contributed by atoms with van der Waals surface area (Å²) < 4.78 is 21.2. The Labute approximate surface area is 128 Å². The van der Waals surface area contributed by atoms with E-state index in [4.69, 9.17) is 18.9 Å². The third kappa shape index (κ3) is 3.14. The lowest BCUT2D eigenvalue weighted by atomic mass is 10.1. The quantitative estimate of drug-likeness (QED) is 0.642. The summed E-state index contributed by atoms with van der Waals surface area (Å²) in [5, 5.41) is 0. The Morgan fingerprint density at radius 3 is 2.77 bits per heavy atom. The van der Waals surface area contributed by atoms with E-state index < -0.39 is 5.97 Å². The highest BCUT2D eigenvalue weighted by molar-refractivity contribution is 5.74. The lowest BCUT2D eigenvalue weighted by Crippen LogP contribution is -2.18. The maximum absolute atomic E-state index is 11.9. The standard InChI is InChI=1S/C17H16O5/c1-11-3-4-12(2)15(7-11)19-9-17(18)22-13-5-6-14-16(8-13)21-10-20-14/h3-8H,9-10H2,1-2H3. The summed E-state index contributed by atoms with van der Waals surface area (Å²) in [4.78, 5) is 11.9. The van der Waals surface area contributed by atoms with Gasteiger partial charge in [0.2, 0.25) is 6.79 Å². The average molecular weight is 300 g/mol. The van der Waals surface area contributed by atoms with E-state index in [1.54, 1.807) is 18.2 Å². The highest BCUT2D eigenvalue weighted by Gasteiger charge is 2.15. The molecule has 0 saturated carbocycles. The van der Waals surface area contributed by atoms with Crippen LogP contribution in [0.4, 0.5) is 0 Å². The molecule has 0 fully saturated rings. The zero-order valence-corrected chi connectivity index (χ0v) is 12.4. The molecule has 1 aliphatic rings. The van der Waals surface area contributed by atoms with Crippen molar-refractivity contribution in [3.8, 4) is 23.0 Å². The molecule has 0 atom stereocenters. The molecule has 0 aliphatic carbocycles. The molecule has 5 heteroatoms. The van der Waals surface area contributed by atoms with Crippen molar-refractivity contribution in [1.82, 2.24) is 0 Å². The fourth-order valence-corrected chi connectivity index (χ4v) is 2.10. The molecule has 0 aromatic heterocycles. The van der Waals surface area contributed by atoms with Gasteiger partial charge < -0.3 is 18.9 Å². The Hall–Kier alpha value is -2.69. The first-order valence-corrected chi connectivity index (χ1v) is 6.92. The molecule has 2 aromatic rings. The second-order valence-electron chi connectivity index (χ2n) is 5.05. The molecule has 0 amide bonds. The van der Waals surface area contributed by atoms with E-state index in [0.717, 1.165) is 11.1 Å². The van der Waals surface area contributed by atoms with Gasteiger partial charge in [-0.2, -0.15) is 0 Å². The number of rotatable bonds is 4. The molecule has 0 N–H and O–H groups in total. The molecule has 1 heterocycles. The first kappa shape index (κ1) is 14.3. The van der Waals surface area contributed by atoms with Gasteiger partial charge in [0.05, 0.1) is 0 Å². The number of aryl methyl sites for hydroxylation is 2. The average Bonchev–Trinajstić information content (AvgIpc) is 2.96. The molecular weight excluding hydrogens is 284 g/mol. The molecule has 0 bridgehead atoms. The van der Waals surface area contributed by atoms with E-state index in [2.05, 4.69) is 0 Å². The molecule has 3 rings (SSSR count). The van der Waals surface area contributed by atoms with Crippen molar-refractivity contribution in [2.24, 2.45) is 0 Å². The van der Waals surface area contributed by atoms with Crippen LogP contribution in [0.2, 0.25) is 0 Å². The molecule has 114 valence electrons. The fourth-order valence-electron chi connectivity index (χ4n) is 2.10. The summed E-state index contributed by atoms with van der Waals surface area (Å²) in [6.07, 6.45) is 0. The second kappa shape index (κ2) is 5.97. The van der Waals surface area contributed by atoms with Gasteiger partial charge in [-0.3, -0.25) is 0 Å². The predicted octanol–water partition coefficient (Wildman–Crippen LogP) is 3.02. The number of benzene rings is 2. The first-order valence-electron chi connectivity index (χ1n) is 6.92. The summed E-state index contributed by atoms with van der Waals surface area (Å²) in [7, 11) is 0. The van der Waals surface area contributed by atoms with Gasteiger partial charge in [-0.15, -0.1) is 0 Å². The van der Waals surface area contributed by atoms with Gasteiger partial charge in [-0.1, -0.05) is 12.1 Å². The topological polar surface area (TPSA) is 54.0 Å². The Balaban J connectivity index is 1.59. The highest BCUT2D eigenvalue weighted by Crippen LogP contribution is 2.35. The number of hydrogen-bond donors (Lipinski definition) is 0. The molecule has 0 unspecified atom stereocenters. The minimum absolute atomic E-state index is 0.154. The van der Waals surface area contributed by atoms with Crippen molar-refractivity contribution in [2.75, 3.05) is 13.4 Å². The lowest BCUT2D eigenvalue weighted by molar-refractivity contribution is -0.136. The molecular formula is C17H16O5. The van der Waals surface area contributed by atoms with E-state index >= 15 is 0 Å². The van der Waals surface area contributed by atoms with Crippen LogP contribution >= 0.6 is 0 Å². The number of carbonyl (C=O) groups excluding carboxylic acids is 1. The summed E-state index contributed by atoms with van der Waals surface area (Å²) in [5.74, 6) is 1.83. The number of carbonyl (C=O) groups is 1. The van der Waals surface area contributed by atoms with E-state index in [1.807, 2.05) is 32.0 Å². The second-order valence-corrected chi connectivity index (χ2v) is 5.05. The van der Waals surface area contributed by atoms with Crippen LogP contribution in [0, 0.1) is 13.8 Å². The molecule has 5 nitrogen and oxygen atoms in total. The third-order valence-corrected chi connectivity index (χ3v) is 3.26. The van der Waals surface area contributed by atoms with Crippen LogP contribution in [-0.2, 0) is 4.79 Å². The van der Waals surface area contributed by atoms with E-state index in [-0.39, 0.29) is 13.4 Å². The van der Waals surface area contributed by atoms with E-state index in [0.29, 0.717) is 23.0 Å². The Kier molecular flexibility index (Phi) is 3.87. The third-order valence-electron chi connectivity index (χ3n) is 3.26. The van der Waals surface area contributed by atoms with E-state index in [9.17, 15) is 4.79 Å². The van der Waals surface area contributed by atoms with Gasteiger partial charge >= 0.3 is 5.97 Å². The number of ether oxygens (including phenoxy) is 4. The predicted molar refractivity (Wildman–Crippen MR) is 79.6 cm³/mol. The molecule has 2 aromatic carbocycles. The summed E-state index contributed by atoms with van der Waals surface area (Å²) >= 11 is 0. The molecule has 1 aliphatic heterocycles. The van der Waals surface area contributed by atoms with Crippen LogP contribution in [0.3, 0.4) is 0 Å². The van der Waals surface area contributed by atoms with Crippen LogP contribution in [0.5, 0.6) is 23.0 Å². The van der Waals surface area contributed by atoms with Crippen LogP contribution in [0.15, 0.2) is 36.4 Å². The number of fused-ring (bicyclic) bond motifs is 1. The molecule has 0 radical (unpaired) electrons. The minimum Gasteiger partial charge on any atom is -0.482 e. The molecule has 22 heavy (non-hydrogen) atoms. The summed E-state index contributed by atoms with van der Waals surface area (Å²) in [6, 6.07) is 10.8. The van der Waals surface area contributed by atoms with Crippen LogP contribution in [0.1, 0.15) is 11.1 Å². The summed E-state index contributed by atoms with van der Waals surface area (Å²) in [6.45, 7) is 3.93. The van der Waals surface area contributed by atoms with Crippen LogP contribution in [-0.4, -0.2) is 19.4 Å². The number of hydrogen-bond acceptors (Lipinski definition) is 5. The maximum Gasteiger partial charge on any atom is 0.349 e. The Morgan fingerprint density at radius 2 is 1.91 bits per heavy atom. The smallest absolute Gasteiger partial charge is 0.349 e. The SMILES string of the molecule is Cc1ccc(C)c(OCC(=O)Oc2ccc3c(c2)OCO3)c1. The van der Waals surface area contributed by atoms with Gasteiger partial charge in [-0.05, 0) is 43.2 Å². The van der Waals surface area contributed by atoms with Crippen molar-refractivity contribution < 1.29 is 23.7 Å². The van der Waals surface area contributed by atoms with E-state index in [1.165, 1.54) is 0 Å². The van der Waals surface area contributed by atoms with Crippen molar-refractivity contribution >= 4 is 5.97 Å². The molecule has 0 spiro atoms. The number of esters is 1. The monoisotopic (exact) mass is 300 g/mol. The van der Waals surface area contributed by atoms with Gasteiger partial charge in [0.1, 0.15) is 11.5 Å². The minimum atomic E-state index is -0.472. The van der Waals surface area contributed by atoms with Gasteiger partial charge in [0, 0.05) is 6.07 Å². The van der Waals surface area contributed by atoms with Crippen molar-refractivity contribution in [1.29, 1.82) is 0 Å². The Morgan fingerprint density at radius 1 is 1.09 bits per heavy atom. The largest absolute Gasteiger partial charge is 0.482 e. The van der Waals surface area contributed by atoms with Crippen LogP contribution < -0.4 is 18.9 Å².